The summed E-state index contributed by atoms with van der Waals surface area (Å²) in [5, 5.41) is 1.84. The van der Waals surface area contributed by atoms with E-state index in [0.717, 1.165) is 10.8 Å². The summed E-state index contributed by atoms with van der Waals surface area (Å²) < 4.78 is 4.76. The molecule has 3 nitrogen and oxygen atoms in total. The Balaban J connectivity index is 2.59. The second kappa shape index (κ2) is 3.38. The first-order chi connectivity index (χ1) is 6.77. The molecule has 1 amide bonds. The maximum atomic E-state index is 10.5. The summed E-state index contributed by atoms with van der Waals surface area (Å²) in [4.78, 5) is 10.5. The average molecular weight is 186 g/mol. The van der Waals surface area contributed by atoms with Gasteiger partial charge >= 0.3 is 6.09 Å². The van der Waals surface area contributed by atoms with Crippen molar-refractivity contribution in [1.82, 2.24) is 5.73 Å². The molecule has 0 spiro atoms. The van der Waals surface area contributed by atoms with Crippen LogP contribution in [0.15, 0.2) is 42.5 Å². The zero-order valence-corrected chi connectivity index (χ0v) is 7.36. The van der Waals surface area contributed by atoms with Gasteiger partial charge in [-0.3, -0.25) is 0 Å². The second-order valence-electron chi connectivity index (χ2n) is 2.87. The number of benzene rings is 2. The lowest BCUT2D eigenvalue weighted by Crippen LogP contribution is -2.05. The molecule has 14 heavy (non-hydrogen) atoms. The van der Waals surface area contributed by atoms with Crippen LogP contribution in [0.5, 0.6) is 5.75 Å². The van der Waals surface area contributed by atoms with Crippen LogP contribution in [-0.4, -0.2) is 6.09 Å². The van der Waals surface area contributed by atoms with E-state index in [0.29, 0.717) is 5.75 Å². The fourth-order valence-corrected chi connectivity index (χ4v) is 1.38. The van der Waals surface area contributed by atoms with E-state index in [9.17, 15) is 4.79 Å². The van der Waals surface area contributed by atoms with Gasteiger partial charge in [-0.15, -0.1) is 0 Å². The Hall–Kier alpha value is -2.03. The molecule has 0 heterocycles. The first kappa shape index (κ1) is 8.56. The normalized spacial score (nSPS) is 10.0. The van der Waals surface area contributed by atoms with Crippen LogP contribution in [0.3, 0.4) is 0 Å². The van der Waals surface area contributed by atoms with Crippen molar-refractivity contribution in [2.45, 2.75) is 0 Å². The summed E-state index contributed by atoms with van der Waals surface area (Å²) in [6.07, 6.45) is -1.04. The zero-order valence-electron chi connectivity index (χ0n) is 7.36. The Kier molecular flexibility index (Phi) is 2.07. The monoisotopic (exact) mass is 186 g/mol. The van der Waals surface area contributed by atoms with Crippen molar-refractivity contribution in [1.29, 1.82) is 0 Å². The Morgan fingerprint density at radius 3 is 2.57 bits per heavy atom. The third-order valence-corrected chi connectivity index (χ3v) is 1.95. The summed E-state index contributed by atoms with van der Waals surface area (Å²) >= 11 is 0. The molecule has 0 fully saturated rings. The fraction of sp³-hybridized carbons (Fsp3) is 0. The van der Waals surface area contributed by atoms with E-state index in [-0.39, 0.29) is 0 Å². The van der Waals surface area contributed by atoms with Crippen molar-refractivity contribution in [3.05, 3.63) is 42.5 Å². The molecule has 0 bridgehead atoms. The molecule has 0 atom stereocenters. The molecular formula is C11H8NO2. The second-order valence-corrected chi connectivity index (χ2v) is 2.87. The number of hydrogen-bond acceptors (Lipinski definition) is 2. The van der Waals surface area contributed by atoms with Gasteiger partial charge in [-0.25, -0.2) is 10.5 Å². The van der Waals surface area contributed by atoms with Gasteiger partial charge < -0.3 is 4.74 Å². The lowest BCUT2D eigenvalue weighted by atomic mass is 10.1. The van der Waals surface area contributed by atoms with Crippen molar-refractivity contribution in [3.63, 3.8) is 0 Å². The maximum absolute atomic E-state index is 10.5. The number of rotatable bonds is 1. The molecule has 3 heteroatoms. The predicted octanol–water partition coefficient (Wildman–Crippen LogP) is 2.62. The Bertz CT molecular complexity index is 474. The Morgan fingerprint density at radius 1 is 1.07 bits per heavy atom. The molecule has 2 aromatic carbocycles. The summed E-state index contributed by atoms with van der Waals surface area (Å²) in [5.74, 6) is 0.433. The van der Waals surface area contributed by atoms with E-state index in [4.69, 9.17) is 10.5 Å². The van der Waals surface area contributed by atoms with Crippen molar-refractivity contribution in [3.8, 4) is 5.75 Å². The van der Waals surface area contributed by atoms with Gasteiger partial charge in [0.2, 0.25) is 0 Å². The van der Waals surface area contributed by atoms with E-state index >= 15 is 0 Å². The molecule has 1 N–H and O–H groups in total. The fourth-order valence-electron chi connectivity index (χ4n) is 1.38. The number of hydrogen-bond donors (Lipinski definition) is 0. The molecule has 2 rings (SSSR count). The first-order valence-corrected chi connectivity index (χ1v) is 4.18. The van der Waals surface area contributed by atoms with E-state index < -0.39 is 6.09 Å². The highest BCUT2D eigenvalue weighted by Gasteiger charge is 2.03. The number of nitrogens with one attached hydrogen (secondary N) is 1. The number of amides is 1. The third kappa shape index (κ3) is 1.52. The van der Waals surface area contributed by atoms with Crippen LogP contribution in [0.25, 0.3) is 10.8 Å². The number of carbonyl (C=O) groups is 1. The van der Waals surface area contributed by atoms with E-state index in [1.54, 1.807) is 12.1 Å². The summed E-state index contributed by atoms with van der Waals surface area (Å²) in [5.41, 5.74) is 6.73. The highest BCUT2D eigenvalue weighted by Crippen LogP contribution is 2.24. The van der Waals surface area contributed by atoms with E-state index in [1.165, 1.54) is 0 Å². The van der Waals surface area contributed by atoms with Gasteiger partial charge in [-0.2, -0.15) is 0 Å². The maximum Gasteiger partial charge on any atom is 0.431 e. The van der Waals surface area contributed by atoms with Crippen LogP contribution >= 0.6 is 0 Å². The Morgan fingerprint density at radius 2 is 1.79 bits per heavy atom. The molecule has 0 aliphatic rings. The lowest BCUT2D eigenvalue weighted by molar-refractivity contribution is 0.210. The molecule has 0 aliphatic heterocycles. The van der Waals surface area contributed by atoms with Gasteiger partial charge in [0, 0.05) is 5.39 Å². The highest BCUT2D eigenvalue weighted by molar-refractivity contribution is 5.89. The summed E-state index contributed by atoms with van der Waals surface area (Å²) in [6, 6.07) is 13.0. The Labute approximate surface area is 81.1 Å². The van der Waals surface area contributed by atoms with Crippen molar-refractivity contribution < 1.29 is 9.53 Å². The van der Waals surface area contributed by atoms with E-state index in [2.05, 4.69) is 0 Å². The van der Waals surface area contributed by atoms with Crippen LogP contribution in [-0.2, 0) is 0 Å². The molecule has 69 valence electrons. The molecule has 0 saturated carbocycles. The van der Waals surface area contributed by atoms with Crippen molar-refractivity contribution >= 4 is 16.9 Å². The third-order valence-electron chi connectivity index (χ3n) is 1.95. The highest BCUT2D eigenvalue weighted by atomic mass is 16.5. The molecule has 1 radical (unpaired) electrons. The van der Waals surface area contributed by atoms with E-state index in [1.807, 2.05) is 30.3 Å². The van der Waals surface area contributed by atoms with Crippen molar-refractivity contribution in [2.75, 3.05) is 0 Å². The minimum absolute atomic E-state index is 0.433. The van der Waals surface area contributed by atoms with Gasteiger partial charge in [0.1, 0.15) is 5.75 Å². The lowest BCUT2D eigenvalue weighted by Gasteiger charge is -2.03. The largest absolute Gasteiger partial charge is 0.431 e. The van der Waals surface area contributed by atoms with Gasteiger partial charge in [-0.05, 0) is 11.5 Å². The zero-order chi connectivity index (χ0) is 9.97. The molecule has 0 unspecified atom stereocenters. The smallest absolute Gasteiger partial charge is 0.408 e. The topological polar surface area (TPSA) is 50.1 Å². The molecule has 0 aromatic heterocycles. The summed E-state index contributed by atoms with van der Waals surface area (Å²) in [6.45, 7) is 0. The number of ether oxygens (including phenoxy) is 1. The number of carbonyl (C=O) groups excluding carboxylic acids is 1. The molecule has 0 saturated heterocycles. The quantitative estimate of drug-likeness (QED) is 0.687. The average Bonchev–Trinajstić information content (AvgIpc) is 2.18. The van der Waals surface area contributed by atoms with Gasteiger partial charge in [0.05, 0.1) is 0 Å². The minimum Gasteiger partial charge on any atom is -0.408 e. The minimum atomic E-state index is -1.04. The van der Waals surface area contributed by atoms with Crippen LogP contribution in [0.4, 0.5) is 4.79 Å². The molecule has 0 aliphatic carbocycles. The molecular weight excluding hydrogens is 178 g/mol. The first-order valence-electron chi connectivity index (χ1n) is 4.18. The van der Waals surface area contributed by atoms with Crippen LogP contribution < -0.4 is 10.5 Å². The standard InChI is InChI=1S/C11H8NO2/c12-11(13)14-10-7-3-5-8-4-1-2-6-9(8)10/h1-7,12H. The van der Waals surface area contributed by atoms with Gasteiger partial charge in [0.15, 0.2) is 0 Å². The molecule has 2 aromatic rings. The van der Waals surface area contributed by atoms with Crippen LogP contribution in [0.1, 0.15) is 0 Å². The van der Waals surface area contributed by atoms with Crippen LogP contribution in [0, 0.1) is 0 Å². The van der Waals surface area contributed by atoms with Gasteiger partial charge in [0.25, 0.3) is 0 Å². The van der Waals surface area contributed by atoms with Crippen LogP contribution in [0.2, 0.25) is 0 Å². The number of fused-ring (bicyclic) bond motifs is 1. The SMILES string of the molecule is [NH]C(=O)Oc1cccc2ccccc12. The van der Waals surface area contributed by atoms with Gasteiger partial charge in [-0.1, -0.05) is 36.4 Å². The predicted molar refractivity (Wildman–Crippen MR) is 53.1 cm³/mol. The van der Waals surface area contributed by atoms with Crippen molar-refractivity contribution in [2.24, 2.45) is 0 Å². The summed E-state index contributed by atoms with van der Waals surface area (Å²) in [7, 11) is 0.